The van der Waals surface area contributed by atoms with Crippen LogP contribution in [0, 0.1) is 0 Å². The van der Waals surface area contributed by atoms with Gasteiger partial charge in [0, 0.05) is 17.1 Å². The molecule has 0 fully saturated rings. The van der Waals surface area contributed by atoms with E-state index in [9.17, 15) is 14.4 Å². The van der Waals surface area contributed by atoms with Gasteiger partial charge in [-0.05, 0) is 18.1 Å². The molecule has 164 valence electrons. The molecule has 3 aromatic heterocycles. The summed E-state index contributed by atoms with van der Waals surface area (Å²) in [4.78, 5) is 36.7. The van der Waals surface area contributed by atoms with Crippen molar-refractivity contribution in [1.29, 1.82) is 0 Å². The van der Waals surface area contributed by atoms with E-state index >= 15 is 0 Å². The van der Waals surface area contributed by atoms with Crippen molar-refractivity contribution in [3.8, 4) is 17.3 Å². The number of hydrogen-bond acceptors (Lipinski definition) is 8. The smallest absolute Gasteiger partial charge is 0.362 e. The molecule has 0 aliphatic rings. The van der Waals surface area contributed by atoms with E-state index in [-0.39, 0.29) is 33.3 Å². The van der Waals surface area contributed by atoms with Crippen molar-refractivity contribution in [2.24, 2.45) is 0 Å². The molecule has 4 rings (SSSR count). The van der Waals surface area contributed by atoms with Crippen molar-refractivity contribution < 1.29 is 14.6 Å². The Morgan fingerprint density at radius 1 is 1.16 bits per heavy atom. The number of hydrogen-bond donors (Lipinski definition) is 3. The van der Waals surface area contributed by atoms with Crippen LogP contribution in [0.25, 0.3) is 16.7 Å². The average Bonchev–Trinajstić information content (AvgIpc) is 3.14. The van der Waals surface area contributed by atoms with Crippen molar-refractivity contribution in [1.82, 2.24) is 35.2 Å². The van der Waals surface area contributed by atoms with Gasteiger partial charge in [-0.1, -0.05) is 37.0 Å². The number of aromatic amines is 2. The normalized spacial score (nSPS) is 11.3. The first-order chi connectivity index (χ1) is 15.2. The number of carbonyl (C=O) groups is 1. The number of ether oxygens (including phenoxy) is 1. The van der Waals surface area contributed by atoms with Gasteiger partial charge in [0.15, 0.2) is 5.75 Å². The number of aromatic carboxylic acids is 1. The quantitative estimate of drug-likeness (QED) is 0.390. The van der Waals surface area contributed by atoms with Gasteiger partial charge >= 0.3 is 11.7 Å². The zero-order valence-corrected chi connectivity index (χ0v) is 17.9. The van der Waals surface area contributed by atoms with Crippen LogP contribution in [0.5, 0.6) is 11.6 Å². The fourth-order valence-corrected chi connectivity index (χ4v) is 3.45. The molecule has 0 saturated carbocycles. The maximum Gasteiger partial charge on any atom is 0.362 e. The molecule has 32 heavy (non-hydrogen) atoms. The van der Waals surface area contributed by atoms with Crippen molar-refractivity contribution in [3.63, 3.8) is 0 Å². The first kappa shape index (κ1) is 21.5. The molecule has 0 bridgehead atoms. The van der Waals surface area contributed by atoms with Gasteiger partial charge in [-0.3, -0.25) is 14.9 Å². The molecule has 0 atom stereocenters. The Morgan fingerprint density at radius 3 is 2.47 bits per heavy atom. The van der Waals surface area contributed by atoms with E-state index < -0.39 is 22.9 Å². The van der Waals surface area contributed by atoms with Crippen LogP contribution in [0.15, 0.2) is 27.8 Å². The standard InChI is InChI=1S/C18H13Cl2N7O5/c1-6(2)12-8-5-11(22-24-15(8)25-23-12)32-14-9(19)3-7(4-10(14)20)27-18(31)21-16(28)13(26-27)17(29)30/h3-6H,1-2H3,(H,29,30)(H,21,28,31)(H,23,24,25). The number of fused-ring (bicyclic) bond motifs is 1. The third kappa shape index (κ3) is 3.81. The Balaban J connectivity index is 1.75. The molecular weight excluding hydrogens is 465 g/mol. The van der Waals surface area contributed by atoms with E-state index in [0.717, 1.165) is 11.1 Å². The number of halogens is 2. The lowest BCUT2D eigenvalue weighted by atomic mass is 10.1. The van der Waals surface area contributed by atoms with Crippen LogP contribution in [0.4, 0.5) is 0 Å². The zero-order chi connectivity index (χ0) is 23.2. The number of aromatic nitrogens is 7. The summed E-state index contributed by atoms with van der Waals surface area (Å²) in [6.45, 7) is 3.98. The molecule has 0 amide bonds. The lowest BCUT2D eigenvalue weighted by molar-refractivity contribution is 0.0685. The molecule has 0 aliphatic heterocycles. The topological polar surface area (TPSA) is 169 Å². The van der Waals surface area contributed by atoms with Crippen molar-refractivity contribution in [3.05, 3.63) is 60.5 Å². The molecule has 0 radical (unpaired) electrons. The van der Waals surface area contributed by atoms with Crippen LogP contribution in [-0.4, -0.2) is 46.2 Å². The number of carboxylic acid groups (broad SMARTS) is 1. The van der Waals surface area contributed by atoms with E-state index in [0.29, 0.717) is 10.3 Å². The van der Waals surface area contributed by atoms with Crippen LogP contribution < -0.4 is 16.0 Å². The second kappa shape index (κ2) is 8.05. The number of H-pyrrole nitrogens is 2. The molecule has 14 heteroatoms. The van der Waals surface area contributed by atoms with Crippen molar-refractivity contribution in [2.45, 2.75) is 19.8 Å². The number of rotatable bonds is 5. The SMILES string of the molecule is CC(C)c1[nH]nc2nnc(Oc3c(Cl)cc(-n4nc(C(=O)O)c(=O)[nH]c4=O)cc3Cl)cc12. The lowest BCUT2D eigenvalue weighted by Crippen LogP contribution is -2.35. The summed E-state index contributed by atoms with van der Waals surface area (Å²) in [6, 6.07) is 4.17. The predicted octanol–water partition coefficient (Wildman–Crippen LogP) is 2.51. The third-order valence-corrected chi connectivity index (χ3v) is 4.93. The molecule has 0 saturated heterocycles. The van der Waals surface area contributed by atoms with Crippen molar-refractivity contribution >= 4 is 40.2 Å². The molecule has 4 aromatic rings. The monoisotopic (exact) mass is 477 g/mol. The molecular formula is C18H13Cl2N7O5. The Bertz CT molecular complexity index is 1470. The van der Waals surface area contributed by atoms with Gasteiger partial charge in [-0.2, -0.15) is 14.9 Å². The van der Waals surface area contributed by atoms with Crippen LogP contribution >= 0.6 is 23.2 Å². The van der Waals surface area contributed by atoms with Gasteiger partial charge in [0.25, 0.3) is 5.56 Å². The van der Waals surface area contributed by atoms with E-state index in [1.807, 2.05) is 18.8 Å². The summed E-state index contributed by atoms with van der Waals surface area (Å²) in [7, 11) is 0. The van der Waals surface area contributed by atoms with Crippen LogP contribution in [0.1, 0.15) is 35.9 Å². The Kier molecular flexibility index (Phi) is 5.40. The second-order valence-corrected chi connectivity index (χ2v) is 7.69. The maximum atomic E-state index is 12.1. The Labute approximate surface area is 187 Å². The van der Waals surface area contributed by atoms with Gasteiger partial charge in [-0.25, -0.2) is 9.59 Å². The highest BCUT2D eigenvalue weighted by atomic mass is 35.5. The van der Waals surface area contributed by atoms with E-state index in [4.69, 9.17) is 33.0 Å². The summed E-state index contributed by atoms with van der Waals surface area (Å²) in [5, 5.41) is 28.2. The van der Waals surface area contributed by atoms with Gasteiger partial charge < -0.3 is 9.84 Å². The average molecular weight is 478 g/mol. The molecule has 0 spiro atoms. The van der Waals surface area contributed by atoms with Crippen LogP contribution in [0.3, 0.4) is 0 Å². The first-order valence-corrected chi connectivity index (χ1v) is 9.77. The molecule has 0 unspecified atom stereocenters. The fourth-order valence-electron chi connectivity index (χ4n) is 2.90. The minimum atomic E-state index is -1.61. The summed E-state index contributed by atoms with van der Waals surface area (Å²) >= 11 is 12.6. The minimum Gasteiger partial charge on any atom is -0.476 e. The third-order valence-electron chi connectivity index (χ3n) is 4.37. The summed E-state index contributed by atoms with van der Waals surface area (Å²) in [5.74, 6) is -1.32. The second-order valence-electron chi connectivity index (χ2n) is 6.88. The Morgan fingerprint density at radius 2 is 1.84 bits per heavy atom. The first-order valence-electron chi connectivity index (χ1n) is 9.01. The summed E-state index contributed by atoms with van der Waals surface area (Å²) in [6.07, 6.45) is 0. The predicted molar refractivity (Wildman–Crippen MR) is 113 cm³/mol. The minimum absolute atomic E-state index is 0.00886. The molecule has 12 nitrogen and oxygen atoms in total. The van der Waals surface area contributed by atoms with Crippen LogP contribution in [0.2, 0.25) is 10.0 Å². The highest BCUT2D eigenvalue weighted by Gasteiger charge is 2.19. The number of nitrogens with one attached hydrogen (secondary N) is 2. The van der Waals surface area contributed by atoms with E-state index in [2.05, 4.69) is 25.5 Å². The molecule has 3 heterocycles. The van der Waals surface area contributed by atoms with Gasteiger partial charge in [0.2, 0.25) is 17.2 Å². The lowest BCUT2D eigenvalue weighted by Gasteiger charge is -2.11. The van der Waals surface area contributed by atoms with Crippen LogP contribution in [-0.2, 0) is 0 Å². The zero-order valence-electron chi connectivity index (χ0n) is 16.4. The van der Waals surface area contributed by atoms with E-state index in [1.54, 1.807) is 6.07 Å². The Hall–Kier alpha value is -3.77. The maximum absolute atomic E-state index is 12.1. The summed E-state index contributed by atoms with van der Waals surface area (Å²) < 4.78 is 6.37. The largest absolute Gasteiger partial charge is 0.476 e. The number of carboxylic acids is 1. The van der Waals surface area contributed by atoms with Crippen molar-refractivity contribution in [2.75, 3.05) is 0 Å². The number of benzene rings is 1. The van der Waals surface area contributed by atoms with E-state index in [1.165, 1.54) is 12.1 Å². The molecule has 1 aromatic carbocycles. The van der Waals surface area contributed by atoms with Gasteiger partial charge in [0.05, 0.1) is 15.7 Å². The van der Waals surface area contributed by atoms with Gasteiger partial charge in [-0.15, -0.1) is 10.2 Å². The van der Waals surface area contributed by atoms with Gasteiger partial charge in [0.1, 0.15) is 0 Å². The highest BCUT2D eigenvalue weighted by molar-refractivity contribution is 6.37. The highest BCUT2D eigenvalue weighted by Crippen LogP contribution is 2.38. The molecule has 0 aliphatic carbocycles. The fraction of sp³-hybridized carbons (Fsp3) is 0.167. The summed E-state index contributed by atoms with van der Waals surface area (Å²) in [5.41, 5.74) is -1.70. The number of nitrogens with zero attached hydrogens (tertiary/aromatic N) is 5. The molecule has 3 N–H and O–H groups in total.